The third-order valence-electron chi connectivity index (χ3n) is 5.11. The van der Waals surface area contributed by atoms with Gasteiger partial charge in [0.15, 0.2) is 5.78 Å². The Morgan fingerprint density at radius 2 is 1.33 bits per heavy atom. The molecule has 0 bridgehead atoms. The van der Waals surface area contributed by atoms with Crippen molar-refractivity contribution in [1.29, 1.82) is 0 Å². The minimum Gasteiger partial charge on any atom is -0.327 e. The Bertz CT molecular complexity index is 1250. The standard InChI is InChI=1S/C27H20Br2N2O2/c28-21-12-6-18(7-13-21)10-16-23-25(24(32)17-11-19-8-14-22(29)15-9-19)26(31-27(33)30-23)20-4-2-1-3-5-20/h1-17,26H,(H2,30,31,33). The molecule has 0 saturated carbocycles. The van der Waals surface area contributed by atoms with Crippen molar-refractivity contribution in [1.82, 2.24) is 10.6 Å². The highest BCUT2D eigenvalue weighted by Crippen LogP contribution is 2.29. The summed E-state index contributed by atoms with van der Waals surface area (Å²) in [4.78, 5) is 25.9. The first-order valence-corrected chi connectivity index (χ1v) is 11.9. The van der Waals surface area contributed by atoms with Gasteiger partial charge in [0.25, 0.3) is 0 Å². The van der Waals surface area contributed by atoms with E-state index < -0.39 is 6.04 Å². The molecule has 4 rings (SSSR count). The van der Waals surface area contributed by atoms with Crippen LogP contribution in [0.4, 0.5) is 4.79 Å². The van der Waals surface area contributed by atoms with Gasteiger partial charge >= 0.3 is 6.03 Å². The van der Waals surface area contributed by atoms with Crippen molar-refractivity contribution in [3.63, 3.8) is 0 Å². The van der Waals surface area contributed by atoms with E-state index in [2.05, 4.69) is 42.5 Å². The van der Waals surface area contributed by atoms with E-state index in [0.29, 0.717) is 11.3 Å². The van der Waals surface area contributed by atoms with E-state index >= 15 is 0 Å². The van der Waals surface area contributed by atoms with Crippen LogP contribution in [0.2, 0.25) is 0 Å². The number of nitrogens with one attached hydrogen (secondary N) is 2. The van der Waals surface area contributed by atoms with Crippen LogP contribution in [0, 0.1) is 0 Å². The minimum absolute atomic E-state index is 0.185. The topological polar surface area (TPSA) is 58.2 Å². The minimum atomic E-state index is -0.563. The third kappa shape index (κ3) is 5.97. The number of hydrogen-bond acceptors (Lipinski definition) is 2. The Morgan fingerprint density at radius 3 is 1.94 bits per heavy atom. The van der Waals surface area contributed by atoms with Crippen molar-refractivity contribution >= 4 is 55.8 Å². The lowest BCUT2D eigenvalue weighted by atomic mass is 9.91. The average molecular weight is 564 g/mol. The fourth-order valence-corrected chi connectivity index (χ4v) is 4.00. The Balaban J connectivity index is 1.74. The number of benzene rings is 3. The van der Waals surface area contributed by atoms with Crippen molar-refractivity contribution in [2.45, 2.75) is 6.04 Å². The summed E-state index contributed by atoms with van der Waals surface area (Å²) >= 11 is 6.85. The molecular formula is C27H20Br2N2O2. The number of carbonyl (C=O) groups is 2. The highest BCUT2D eigenvalue weighted by molar-refractivity contribution is 9.10. The number of halogens is 2. The van der Waals surface area contributed by atoms with Crippen LogP contribution in [0.15, 0.2) is 111 Å². The smallest absolute Gasteiger partial charge is 0.320 e. The molecule has 1 aliphatic rings. The van der Waals surface area contributed by atoms with Crippen LogP contribution >= 0.6 is 31.9 Å². The molecular weight excluding hydrogens is 544 g/mol. The summed E-state index contributed by atoms with van der Waals surface area (Å²) in [6.07, 6.45) is 6.97. The largest absolute Gasteiger partial charge is 0.327 e. The van der Waals surface area contributed by atoms with Crippen molar-refractivity contribution in [3.05, 3.63) is 128 Å². The second-order valence-electron chi connectivity index (χ2n) is 7.40. The lowest BCUT2D eigenvalue weighted by Gasteiger charge is -2.28. The highest BCUT2D eigenvalue weighted by Gasteiger charge is 2.30. The maximum atomic E-state index is 13.4. The quantitative estimate of drug-likeness (QED) is 0.323. The first-order chi connectivity index (χ1) is 16.0. The average Bonchev–Trinajstić information content (AvgIpc) is 2.83. The number of allylic oxidation sites excluding steroid dienone is 2. The molecule has 2 amide bonds. The monoisotopic (exact) mass is 562 g/mol. The van der Waals surface area contributed by atoms with Crippen molar-refractivity contribution in [3.8, 4) is 0 Å². The summed E-state index contributed by atoms with van der Waals surface area (Å²) in [5.74, 6) is -0.185. The summed E-state index contributed by atoms with van der Waals surface area (Å²) < 4.78 is 1.95. The molecule has 3 aromatic rings. The van der Waals surface area contributed by atoms with Gasteiger partial charge in [-0.15, -0.1) is 0 Å². The van der Waals surface area contributed by atoms with Gasteiger partial charge in [0.1, 0.15) is 0 Å². The molecule has 0 aliphatic carbocycles. The van der Waals surface area contributed by atoms with Crippen LogP contribution in [0.5, 0.6) is 0 Å². The zero-order valence-electron chi connectivity index (χ0n) is 17.5. The molecule has 0 saturated heterocycles. The van der Waals surface area contributed by atoms with Gasteiger partial charge < -0.3 is 10.6 Å². The predicted molar refractivity (Wildman–Crippen MR) is 139 cm³/mol. The van der Waals surface area contributed by atoms with Gasteiger partial charge in [-0.05, 0) is 53.1 Å². The van der Waals surface area contributed by atoms with Crippen LogP contribution < -0.4 is 10.6 Å². The number of hydrogen-bond donors (Lipinski definition) is 2. The molecule has 1 aliphatic heterocycles. The first kappa shape index (κ1) is 23.0. The SMILES string of the molecule is O=C1NC(C=Cc2ccc(Br)cc2)=C(C(=O)C=Cc2ccc(Br)cc2)C(c2ccccc2)N1. The van der Waals surface area contributed by atoms with Crippen LogP contribution in [-0.4, -0.2) is 11.8 Å². The summed E-state index contributed by atoms with van der Waals surface area (Å²) in [6.45, 7) is 0. The van der Waals surface area contributed by atoms with Gasteiger partial charge in [-0.25, -0.2) is 4.79 Å². The molecule has 2 N–H and O–H groups in total. The van der Waals surface area contributed by atoms with E-state index in [0.717, 1.165) is 25.6 Å². The number of carbonyl (C=O) groups excluding carboxylic acids is 2. The van der Waals surface area contributed by atoms with E-state index in [1.165, 1.54) is 0 Å². The van der Waals surface area contributed by atoms with Crippen molar-refractivity contribution in [2.24, 2.45) is 0 Å². The van der Waals surface area contributed by atoms with E-state index in [-0.39, 0.29) is 11.8 Å². The lowest BCUT2D eigenvalue weighted by Crippen LogP contribution is -2.45. The van der Waals surface area contributed by atoms with E-state index in [1.54, 1.807) is 18.2 Å². The lowest BCUT2D eigenvalue weighted by molar-refractivity contribution is -0.111. The van der Waals surface area contributed by atoms with Crippen LogP contribution in [-0.2, 0) is 4.79 Å². The third-order valence-corrected chi connectivity index (χ3v) is 6.17. The summed E-state index contributed by atoms with van der Waals surface area (Å²) in [5, 5.41) is 5.70. The van der Waals surface area contributed by atoms with Crippen LogP contribution in [0.3, 0.4) is 0 Å². The molecule has 0 spiro atoms. The summed E-state index contributed by atoms with van der Waals surface area (Å²) in [6, 6.07) is 24.0. The van der Waals surface area contributed by atoms with Gasteiger partial charge in [0.2, 0.25) is 0 Å². The normalized spacial score (nSPS) is 16.2. The molecule has 4 nitrogen and oxygen atoms in total. The molecule has 0 fully saturated rings. The Morgan fingerprint density at radius 1 is 0.758 bits per heavy atom. The van der Waals surface area contributed by atoms with Gasteiger partial charge in [-0.2, -0.15) is 0 Å². The number of rotatable bonds is 6. The number of urea groups is 1. The van der Waals surface area contributed by atoms with Gasteiger partial charge in [-0.3, -0.25) is 4.79 Å². The predicted octanol–water partition coefficient (Wildman–Crippen LogP) is 6.82. The molecule has 6 heteroatoms. The van der Waals surface area contributed by atoms with E-state index in [1.807, 2.05) is 84.9 Å². The first-order valence-electron chi connectivity index (χ1n) is 10.3. The molecule has 1 atom stereocenters. The van der Waals surface area contributed by atoms with Crippen molar-refractivity contribution in [2.75, 3.05) is 0 Å². The molecule has 164 valence electrons. The Kier molecular flexibility index (Phi) is 7.37. The van der Waals surface area contributed by atoms with Crippen molar-refractivity contribution < 1.29 is 9.59 Å². The van der Waals surface area contributed by atoms with Crippen LogP contribution in [0.1, 0.15) is 22.7 Å². The maximum absolute atomic E-state index is 13.4. The highest BCUT2D eigenvalue weighted by atomic mass is 79.9. The van der Waals surface area contributed by atoms with Gasteiger partial charge in [0, 0.05) is 14.5 Å². The Hall–Kier alpha value is -3.22. The van der Waals surface area contributed by atoms with Crippen LogP contribution in [0.25, 0.3) is 12.2 Å². The fraction of sp³-hybridized carbons (Fsp3) is 0.0370. The molecule has 1 unspecified atom stereocenters. The molecule has 3 aromatic carbocycles. The second kappa shape index (κ2) is 10.6. The van der Waals surface area contributed by atoms with E-state index in [9.17, 15) is 9.59 Å². The summed E-state index contributed by atoms with van der Waals surface area (Å²) in [7, 11) is 0. The van der Waals surface area contributed by atoms with E-state index in [4.69, 9.17) is 0 Å². The zero-order valence-corrected chi connectivity index (χ0v) is 20.6. The Labute approximate surface area is 209 Å². The number of amides is 2. The maximum Gasteiger partial charge on any atom is 0.320 e. The second-order valence-corrected chi connectivity index (χ2v) is 9.23. The molecule has 1 heterocycles. The zero-order chi connectivity index (χ0) is 23.2. The summed E-state index contributed by atoms with van der Waals surface area (Å²) in [5.41, 5.74) is 3.64. The molecule has 0 radical (unpaired) electrons. The van der Waals surface area contributed by atoms with Gasteiger partial charge in [0.05, 0.1) is 11.7 Å². The van der Waals surface area contributed by atoms with Gasteiger partial charge in [-0.1, -0.05) is 98.6 Å². The molecule has 0 aromatic heterocycles. The fourth-order valence-electron chi connectivity index (χ4n) is 3.48. The number of ketones is 1. The molecule has 33 heavy (non-hydrogen) atoms.